The Labute approximate surface area is 235 Å². The van der Waals surface area contributed by atoms with Crippen LogP contribution in [-0.2, 0) is 18.6 Å². The van der Waals surface area contributed by atoms with Gasteiger partial charge in [0.2, 0.25) is 0 Å². The lowest BCUT2D eigenvalue weighted by Crippen LogP contribution is -2.68. The fraction of sp³-hybridized carbons (Fsp3) is 0.576. The number of ether oxygens (including phenoxy) is 3. The molecule has 0 bridgehead atoms. The second kappa shape index (κ2) is 11.2. The van der Waals surface area contributed by atoms with Crippen LogP contribution in [0.3, 0.4) is 0 Å². The van der Waals surface area contributed by atoms with Crippen LogP contribution in [0.1, 0.15) is 72.6 Å². The Morgan fingerprint density at radius 1 is 1.00 bits per heavy atom. The first kappa shape index (κ1) is 28.7. The van der Waals surface area contributed by atoms with Gasteiger partial charge in [0, 0.05) is 25.4 Å². The summed E-state index contributed by atoms with van der Waals surface area (Å²) < 4.78 is 27.1. The molecule has 2 aromatic carbocycles. The summed E-state index contributed by atoms with van der Waals surface area (Å²) >= 11 is 0. The van der Waals surface area contributed by atoms with Gasteiger partial charge in [-0.25, -0.2) is 0 Å². The maximum absolute atomic E-state index is 11.6. The van der Waals surface area contributed by atoms with Gasteiger partial charge in [0.05, 0.1) is 12.7 Å². The zero-order valence-corrected chi connectivity index (χ0v) is 25.1. The lowest BCUT2D eigenvalue weighted by atomic mass is 9.84. The van der Waals surface area contributed by atoms with Gasteiger partial charge in [0.15, 0.2) is 5.79 Å². The van der Waals surface area contributed by atoms with Crippen molar-refractivity contribution < 1.29 is 23.7 Å². The van der Waals surface area contributed by atoms with E-state index in [0.717, 1.165) is 25.7 Å². The lowest BCUT2D eigenvalue weighted by Gasteiger charge is -2.46. The predicted octanol–water partition coefficient (Wildman–Crippen LogP) is 5.49. The number of hydrogen-bond donors (Lipinski definition) is 1. The molecule has 6 heteroatoms. The molecule has 1 saturated carbocycles. The number of hydrogen-bond acceptors (Lipinski definition) is 5. The van der Waals surface area contributed by atoms with E-state index in [1.54, 1.807) is 6.08 Å². The second-order valence-electron chi connectivity index (χ2n) is 12.9. The molecule has 212 valence electrons. The summed E-state index contributed by atoms with van der Waals surface area (Å²) in [6.45, 7) is 13.1. The van der Waals surface area contributed by atoms with Crippen LogP contribution >= 0.6 is 0 Å². The molecule has 2 aromatic rings. The van der Waals surface area contributed by atoms with Crippen LogP contribution in [0.15, 0.2) is 73.3 Å². The molecule has 1 N–H and O–H groups in total. The fourth-order valence-corrected chi connectivity index (χ4v) is 11.8. The van der Waals surface area contributed by atoms with Crippen molar-refractivity contribution in [3.05, 3.63) is 73.3 Å². The molecule has 1 aliphatic carbocycles. The maximum atomic E-state index is 11.6. The quantitative estimate of drug-likeness (QED) is 0.348. The highest BCUT2D eigenvalue weighted by atomic mass is 28.4. The first-order chi connectivity index (χ1) is 18.6. The van der Waals surface area contributed by atoms with E-state index >= 15 is 0 Å². The number of fused-ring (bicyclic) bond motifs is 1. The lowest BCUT2D eigenvalue weighted by molar-refractivity contribution is -0.212. The smallest absolute Gasteiger partial charge is 0.261 e. The van der Waals surface area contributed by atoms with Crippen molar-refractivity contribution in [3.8, 4) is 0 Å². The SMILES string of the molecule is C=CC[C@@]1(O)CO[C@@H](CC(C)O[Si](c2ccccc2)(c2ccccc2)C(C)(C)C)[C@@H]2OC3(CCCCC3)O[C@@H]21. The van der Waals surface area contributed by atoms with Crippen molar-refractivity contribution in [1.82, 2.24) is 0 Å². The van der Waals surface area contributed by atoms with Crippen LogP contribution in [0.4, 0.5) is 0 Å². The third-order valence-corrected chi connectivity index (χ3v) is 14.1. The summed E-state index contributed by atoms with van der Waals surface area (Å²) in [7, 11) is -2.70. The highest BCUT2D eigenvalue weighted by Gasteiger charge is 2.60. The molecule has 1 spiro atoms. The molecule has 3 fully saturated rings. The van der Waals surface area contributed by atoms with E-state index in [2.05, 4.69) is 94.9 Å². The molecular formula is C33H46O5Si. The molecule has 5 nitrogen and oxygen atoms in total. The van der Waals surface area contributed by atoms with Crippen molar-refractivity contribution in [2.75, 3.05) is 6.61 Å². The van der Waals surface area contributed by atoms with Gasteiger partial charge in [-0.1, -0.05) is 93.9 Å². The topological polar surface area (TPSA) is 57.2 Å². The monoisotopic (exact) mass is 550 g/mol. The summed E-state index contributed by atoms with van der Waals surface area (Å²) in [6, 6.07) is 21.5. The van der Waals surface area contributed by atoms with Crippen molar-refractivity contribution in [2.24, 2.45) is 0 Å². The van der Waals surface area contributed by atoms with Crippen molar-refractivity contribution in [2.45, 2.75) is 113 Å². The Morgan fingerprint density at radius 3 is 2.13 bits per heavy atom. The van der Waals surface area contributed by atoms with Crippen molar-refractivity contribution in [1.29, 1.82) is 0 Å². The van der Waals surface area contributed by atoms with Crippen LogP contribution in [0, 0.1) is 0 Å². The van der Waals surface area contributed by atoms with Gasteiger partial charge < -0.3 is 23.7 Å². The molecule has 2 aliphatic heterocycles. The van der Waals surface area contributed by atoms with Gasteiger partial charge in [0.1, 0.15) is 17.8 Å². The van der Waals surface area contributed by atoms with Gasteiger partial charge in [-0.15, -0.1) is 6.58 Å². The molecule has 2 saturated heterocycles. The molecule has 39 heavy (non-hydrogen) atoms. The van der Waals surface area contributed by atoms with Crippen LogP contribution in [-0.4, -0.2) is 55.8 Å². The van der Waals surface area contributed by atoms with E-state index in [0.29, 0.717) is 12.8 Å². The number of rotatable bonds is 8. The third-order valence-electron chi connectivity index (χ3n) is 8.91. The minimum atomic E-state index is -2.70. The van der Waals surface area contributed by atoms with Crippen molar-refractivity contribution in [3.63, 3.8) is 0 Å². The molecular weight excluding hydrogens is 504 g/mol. The Balaban J connectivity index is 1.44. The van der Waals surface area contributed by atoms with Gasteiger partial charge in [0.25, 0.3) is 8.32 Å². The fourth-order valence-electron chi connectivity index (χ4n) is 7.07. The van der Waals surface area contributed by atoms with E-state index in [1.807, 2.05) is 0 Å². The molecule has 5 rings (SSSR count). The average molecular weight is 551 g/mol. The Hall–Kier alpha value is -1.80. The molecule has 0 amide bonds. The van der Waals surface area contributed by atoms with Gasteiger partial charge in [-0.05, 0) is 41.6 Å². The van der Waals surface area contributed by atoms with E-state index in [1.165, 1.54) is 16.8 Å². The summed E-state index contributed by atoms with van der Waals surface area (Å²) in [5, 5.41) is 14.0. The molecule has 2 heterocycles. The highest BCUT2D eigenvalue weighted by Crippen LogP contribution is 2.48. The minimum absolute atomic E-state index is 0.0981. The molecule has 5 atom stereocenters. The minimum Gasteiger partial charge on any atom is -0.405 e. The van der Waals surface area contributed by atoms with Crippen molar-refractivity contribution >= 4 is 18.7 Å². The highest BCUT2D eigenvalue weighted by molar-refractivity contribution is 6.99. The van der Waals surface area contributed by atoms with Crippen LogP contribution in [0.25, 0.3) is 0 Å². The van der Waals surface area contributed by atoms with Gasteiger partial charge >= 0.3 is 0 Å². The Morgan fingerprint density at radius 2 is 1.59 bits per heavy atom. The zero-order chi connectivity index (χ0) is 27.7. The maximum Gasteiger partial charge on any atom is 0.261 e. The normalized spacial score (nSPS) is 29.6. The molecule has 0 radical (unpaired) electrons. The molecule has 3 aliphatic rings. The first-order valence-electron chi connectivity index (χ1n) is 14.7. The van der Waals surface area contributed by atoms with E-state index < -0.39 is 25.8 Å². The predicted molar refractivity (Wildman–Crippen MR) is 158 cm³/mol. The van der Waals surface area contributed by atoms with Gasteiger partial charge in [-0.2, -0.15) is 0 Å². The molecule has 1 unspecified atom stereocenters. The largest absolute Gasteiger partial charge is 0.405 e. The third kappa shape index (κ3) is 5.44. The van der Waals surface area contributed by atoms with Crippen LogP contribution in [0.2, 0.25) is 5.04 Å². The standard InChI is InChI=1S/C33H46O5Si/c1-6-20-32(34)24-35-28(29-30(32)37-33(36-29)21-14-9-15-22-33)23-25(2)38-39(31(3,4)5,26-16-10-7-11-17-26)27-18-12-8-13-19-27/h6-8,10-13,16-19,25,28-30,34H,1,9,14-15,20-24H2,2-5H3/t25?,28-,29-,30-,32+/m0/s1. The Kier molecular flexibility index (Phi) is 8.27. The van der Waals surface area contributed by atoms with E-state index in [-0.39, 0.29) is 30.0 Å². The summed E-state index contributed by atoms with van der Waals surface area (Å²) in [5.41, 5.74) is -1.13. The van der Waals surface area contributed by atoms with E-state index in [9.17, 15) is 5.11 Å². The number of aliphatic hydroxyl groups is 1. The zero-order valence-electron chi connectivity index (χ0n) is 24.1. The average Bonchev–Trinajstić information content (AvgIpc) is 3.30. The first-order valence-corrected chi connectivity index (χ1v) is 16.6. The van der Waals surface area contributed by atoms with Crippen LogP contribution in [0.5, 0.6) is 0 Å². The second-order valence-corrected chi connectivity index (χ2v) is 17.1. The number of benzene rings is 2. The molecule has 0 aromatic heterocycles. The van der Waals surface area contributed by atoms with Crippen LogP contribution < -0.4 is 10.4 Å². The van der Waals surface area contributed by atoms with Gasteiger partial charge in [-0.3, -0.25) is 0 Å². The Bertz CT molecular complexity index is 1050. The van der Waals surface area contributed by atoms with E-state index in [4.69, 9.17) is 18.6 Å². The summed E-state index contributed by atoms with van der Waals surface area (Å²) in [4.78, 5) is 0. The summed E-state index contributed by atoms with van der Waals surface area (Å²) in [5.74, 6) is -0.614. The summed E-state index contributed by atoms with van der Waals surface area (Å²) in [6.07, 6.45) is 6.82.